The molecule has 1 aromatic carbocycles. The minimum absolute atomic E-state index is 0.0247. The second kappa shape index (κ2) is 5.59. The van der Waals surface area contributed by atoms with Gasteiger partial charge in [-0.15, -0.1) is 0 Å². The zero-order chi connectivity index (χ0) is 13.9. The molecule has 0 aliphatic carbocycles. The number of nitrogens with one attached hydrogen (secondary N) is 1. The molecule has 0 unspecified atom stereocenters. The molecular formula is C14H21N3O2. The standard InChI is InChI=1S/C14H21N3O2/c1-14(2)10-17(6-7-19-14)9-13(18)16-12-5-3-4-11(15)8-12/h3-5,8H,6-7,9-10,15H2,1-2H3,(H,16,18). The molecule has 0 spiro atoms. The molecule has 3 N–H and O–H groups in total. The van der Waals surface area contributed by atoms with E-state index in [4.69, 9.17) is 10.5 Å². The highest BCUT2D eigenvalue weighted by molar-refractivity contribution is 5.92. The van der Waals surface area contributed by atoms with Crippen molar-refractivity contribution in [1.29, 1.82) is 0 Å². The monoisotopic (exact) mass is 263 g/mol. The van der Waals surface area contributed by atoms with Gasteiger partial charge in [0.15, 0.2) is 0 Å². The van der Waals surface area contributed by atoms with Crippen LogP contribution in [0.1, 0.15) is 13.8 Å². The van der Waals surface area contributed by atoms with Gasteiger partial charge in [-0.2, -0.15) is 0 Å². The second-order valence-electron chi connectivity index (χ2n) is 5.49. The van der Waals surface area contributed by atoms with Gasteiger partial charge in [-0.3, -0.25) is 9.69 Å². The van der Waals surface area contributed by atoms with Crippen molar-refractivity contribution >= 4 is 17.3 Å². The van der Waals surface area contributed by atoms with Crippen LogP contribution in [0.2, 0.25) is 0 Å². The van der Waals surface area contributed by atoms with Crippen molar-refractivity contribution < 1.29 is 9.53 Å². The number of ether oxygens (including phenoxy) is 1. The Bertz CT molecular complexity index is 460. The predicted molar refractivity (Wildman–Crippen MR) is 76.0 cm³/mol. The van der Waals surface area contributed by atoms with Crippen LogP contribution in [0.15, 0.2) is 24.3 Å². The van der Waals surface area contributed by atoms with E-state index in [9.17, 15) is 4.79 Å². The lowest BCUT2D eigenvalue weighted by atomic mass is 10.1. The maximum Gasteiger partial charge on any atom is 0.238 e. The summed E-state index contributed by atoms with van der Waals surface area (Å²) >= 11 is 0. The van der Waals surface area contributed by atoms with E-state index in [0.717, 1.165) is 18.8 Å². The van der Waals surface area contributed by atoms with E-state index < -0.39 is 0 Å². The number of anilines is 2. The number of carbonyl (C=O) groups is 1. The predicted octanol–water partition coefficient (Wildman–Crippen LogP) is 1.32. The fourth-order valence-electron chi connectivity index (χ4n) is 2.27. The van der Waals surface area contributed by atoms with Crippen molar-refractivity contribution in [3.63, 3.8) is 0 Å². The van der Waals surface area contributed by atoms with E-state index in [1.807, 2.05) is 26.0 Å². The summed E-state index contributed by atoms with van der Waals surface area (Å²) in [4.78, 5) is 14.1. The second-order valence-corrected chi connectivity index (χ2v) is 5.49. The van der Waals surface area contributed by atoms with E-state index in [1.165, 1.54) is 0 Å². The van der Waals surface area contributed by atoms with Crippen LogP contribution in [0.3, 0.4) is 0 Å². The lowest BCUT2D eigenvalue weighted by molar-refractivity contribution is -0.122. The first kappa shape index (κ1) is 13.8. The van der Waals surface area contributed by atoms with Gasteiger partial charge in [0.25, 0.3) is 0 Å². The van der Waals surface area contributed by atoms with Crippen molar-refractivity contribution in [2.24, 2.45) is 0 Å². The van der Waals surface area contributed by atoms with E-state index in [1.54, 1.807) is 12.1 Å². The zero-order valence-electron chi connectivity index (χ0n) is 11.5. The summed E-state index contributed by atoms with van der Waals surface area (Å²) in [5.74, 6) is -0.0247. The molecule has 1 aliphatic rings. The molecule has 0 radical (unpaired) electrons. The van der Waals surface area contributed by atoms with E-state index in [-0.39, 0.29) is 11.5 Å². The summed E-state index contributed by atoms with van der Waals surface area (Å²) in [7, 11) is 0. The fraction of sp³-hybridized carbons (Fsp3) is 0.500. The van der Waals surface area contributed by atoms with Gasteiger partial charge in [0.2, 0.25) is 5.91 Å². The molecule has 0 atom stereocenters. The summed E-state index contributed by atoms with van der Waals surface area (Å²) in [5, 5.41) is 2.86. The van der Waals surface area contributed by atoms with Gasteiger partial charge < -0.3 is 15.8 Å². The summed E-state index contributed by atoms with van der Waals surface area (Å²) in [6.45, 7) is 6.66. The van der Waals surface area contributed by atoms with Crippen LogP contribution < -0.4 is 11.1 Å². The maximum atomic E-state index is 12.0. The van der Waals surface area contributed by atoms with Crippen LogP contribution in [0.25, 0.3) is 0 Å². The molecule has 1 amide bonds. The molecule has 1 aromatic rings. The molecule has 19 heavy (non-hydrogen) atoms. The Labute approximate surface area is 113 Å². The molecule has 0 bridgehead atoms. The topological polar surface area (TPSA) is 67.6 Å². The van der Waals surface area contributed by atoms with Gasteiger partial charge in [-0.1, -0.05) is 6.07 Å². The number of nitrogens with two attached hydrogens (primary N) is 1. The molecule has 1 heterocycles. The zero-order valence-corrected chi connectivity index (χ0v) is 11.5. The summed E-state index contributed by atoms with van der Waals surface area (Å²) < 4.78 is 5.62. The highest BCUT2D eigenvalue weighted by atomic mass is 16.5. The normalized spacial score (nSPS) is 19.1. The SMILES string of the molecule is CC1(C)CN(CC(=O)Nc2cccc(N)c2)CCO1. The molecular weight excluding hydrogens is 242 g/mol. The number of morpholine rings is 1. The summed E-state index contributed by atoms with van der Waals surface area (Å²) in [5.41, 5.74) is 6.87. The molecule has 104 valence electrons. The number of carbonyl (C=O) groups excluding carboxylic acids is 1. The molecule has 0 aromatic heterocycles. The number of hydrogen-bond acceptors (Lipinski definition) is 4. The Morgan fingerprint density at radius 2 is 2.32 bits per heavy atom. The third kappa shape index (κ3) is 4.22. The minimum Gasteiger partial charge on any atom is -0.399 e. The van der Waals surface area contributed by atoms with Gasteiger partial charge in [0, 0.05) is 24.5 Å². The molecule has 2 rings (SSSR count). The third-order valence-corrected chi connectivity index (χ3v) is 3.04. The maximum absolute atomic E-state index is 12.0. The van der Waals surface area contributed by atoms with Crippen LogP contribution in [0.4, 0.5) is 11.4 Å². The number of benzene rings is 1. The Morgan fingerprint density at radius 3 is 3.00 bits per heavy atom. The van der Waals surface area contributed by atoms with Crippen LogP contribution in [0.5, 0.6) is 0 Å². The number of amides is 1. The molecule has 5 heteroatoms. The third-order valence-electron chi connectivity index (χ3n) is 3.04. The number of rotatable bonds is 3. The van der Waals surface area contributed by atoms with Gasteiger partial charge in [-0.05, 0) is 32.0 Å². The van der Waals surface area contributed by atoms with Crippen molar-refractivity contribution in [2.45, 2.75) is 19.4 Å². The van der Waals surface area contributed by atoms with E-state index in [2.05, 4.69) is 10.2 Å². The van der Waals surface area contributed by atoms with Crippen molar-refractivity contribution in [2.75, 3.05) is 37.3 Å². The van der Waals surface area contributed by atoms with E-state index >= 15 is 0 Å². The van der Waals surface area contributed by atoms with Crippen LogP contribution in [0, 0.1) is 0 Å². The minimum atomic E-state index is -0.185. The Hall–Kier alpha value is -1.59. The smallest absolute Gasteiger partial charge is 0.238 e. The molecule has 1 saturated heterocycles. The van der Waals surface area contributed by atoms with Gasteiger partial charge in [0.1, 0.15) is 0 Å². The number of nitrogen functional groups attached to an aromatic ring is 1. The van der Waals surface area contributed by atoms with E-state index in [0.29, 0.717) is 18.8 Å². The molecule has 1 fully saturated rings. The number of nitrogens with zero attached hydrogens (tertiary/aromatic N) is 1. The highest BCUT2D eigenvalue weighted by Crippen LogP contribution is 2.16. The Kier molecular flexibility index (Phi) is 4.07. The molecule has 5 nitrogen and oxygen atoms in total. The average Bonchev–Trinajstić information content (AvgIpc) is 2.27. The molecule has 0 saturated carbocycles. The van der Waals surface area contributed by atoms with Crippen LogP contribution in [-0.2, 0) is 9.53 Å². The molecule has 1 aliphatic heterocycles. The Balaban J connectivity index is 1.87. The van der Waals surface area contributed by atoms with Crippen molar-refractivity contribution in [3.05, 3.63) is 24.3 Å². The van der Waals surface area contributed by atoms with Gasteiger partial charge in [0.05, 0.1) is 18.8 Å². The lowest BCUT2D eigenvalue weighted by Crippen LogP contribution is -2.50. The summed E-state index contributed by atoms with van der Waals surface area (Å²) in [6.07, 6.45) is 0. The summed E-state index contributed by atoms with van der Waals surface area (Å²) in [6, 6.07) is 7.20. The highest BCUT2D eigenvalue weighted by Gasteiger charge is 2.28. The fourth-order valence-corrected chi connectivity index (χ4v) is 2.27. The van der Waals surface area contributed by atoms with Crippen LogP contribution in [-0.4, -0.2) is 42.6 Å². The first-order chi connectivity index (χ1) is 8.94. The quantitative estimate of drug-likeness (QED) is 0.807. The Morgan fingerprint density at radius 1 is 1.53 bits per heavy atom. The first-order valence-electron chi connectivity index (χ1n) is 6.46. The average molecular weight is 263 g/mol. The van der Waals surface area contributed by atoms with Gasteiger partial charge >= 0.3 is 0 Å². The first-order valence-corrected chi connectivity index (χ1v) is 6.46. The van der Waals surface area contributed by atoms with Crippen molar-refractivity contribution in [3.8, 4) is 0 Å². The van der Waals surface area contributed by atoms with Crippen molar-refractivity contribution in [1.82, 2.24) is 4.90 Å². The van der Waals surface area contributed by atoms with Crippen LogP contribution >= 0.6 is 0 Å². The number of hydrogen-bond donors (Lipinski definition) is 2. The van der Waals surface area contributed by atoms with Gasteiger partial charge in [-0.25, -0.2) is 0 Å². The lowest BCUT2D eigenvalue weighted by Gasteiger charge is -2.37. The largest absolute Gasteiger partial charge is 0.399 e.